The summed E-state index contributed by atoms with van der Waals surface area (Å²) in [6.45, 7) is 2.50. The molecule has 1 aromatic rings. The average Bonchev–Trinajstić information content (AvgIpc) is 2.76. The highest BCUT2D eigenvalue weighted by molar-refractivity contribution is 5.90. The third-order valence-corrected chi connectivity index (χ3v) is 3.28. The lowest BCUT2D eigenvalue weighted by Crippen LogP contribution is -2.44. The number of anilines is 1. The van der Waals surface area contributed by atoms with Crippen molar-refractivity contribution in [3.8, 4) is 0 Å². The van der Waals surface area contributed by atoms with Gasteiger partial charge < -0.3 is 9.52 Å². The van der Waals surface area contributed by atoms with Crippen molar-refractivity contribution in [3.63, 3.8) is 0 Å². The number of aryl methyl sites for hydroxylation is 1. The first kappa shape index (κ1) is 14.4. The largest absolute Gasteiger partial charge is 0.481 e. The minimum Gasteiger partial charge on any atom is -0.481 e. The highest BCUT2D eigenvalue weighted by Gasteiger charge is 2.26. The minimum atomic E-state index is -0.838. The number of carbonyl (C=O) groups excluding carboxylic acids is 1. The van der Waals surface area contributed by atoms with E-state index in [1.165, 1.54) is 0 Å². The van der Waals surface area contributed by atoms with Crippen LogP contribution in [0.1, 0.15) is 31.6 Å². The molecule has 1 aliphatic rings. The Hall–Kier alpha value is -1.96. The molecule has 1 atom stereocenters. The van der Waals surface area contributed by atoms with E-state index in [2.05, 4.69) is 15.5 Å². The molecule has 0 spiro atoms. The number of nitrogens with zero attached hydrogens (tertiary/aromatic N) is 3. The summed E-state index contributed by atoms with van der Waals surface area (Å²) in [4.78, 5) is 24.6. The van der Waals surface area contributed by atoms with Gasteiger partial charge in [0.25, 0.3) is 0 Å². The van der Waals surface area contributed by atoms with E-state index >= 15 is 0 Å². The van der Waals surface area contributed by atoms with Gasteiger partial charge in [-0.15, -0.1) is 5.10 Å². The fourth-order valence-corrected chi connectivity index (χ4v) is 2.39. The van der Waals surface area contributed by atoms with Gasteiger partial charge in [0.05, 0.1) is 13.0 Å². The number of rotatable bonds is 5. The summed E-state index contributed by atoms with van der Waals surface area (Å²) in [7, 11) is 0. The minimum absolute atomic E-state index is 0.0624. The number of hydrogen-bond acceptors (Lipinski definition) is 6. The molecule has 0 aliphatic carbocycles. The first-order valence-corrected chi connectivity index (χ1v) is 6.60. The Morgan fingerprint density at radius 2 is 2.25 bits per heavy atom. The zero-order valence-corrected chi connectivity index (χ0v) is 11.3. The van der Waals surface area contributed by atoms with Gasteiger partial charge in [-0.3, -0.25) is 19.8 Å². The van der Waals surface area contributed by atoms with Crippen LogP contribution in [0.2, 0.25) is 0 Å². The molecule has 1 aliphatic heterocycles. The number of likely N-dealkylation sites (tertiary alicyclic amines) is 1. The molecule has 2 N–H and O–H groups in total. The van der Waals surface area contributed by atoms with Crippen molar-refractivity contribution in [2.75, 3.05) is 18.4 Å². The molecule has 2 rings (SSSR count). The molecule has 1 aromatic heterocycles. The predicted molar refractivity (Wildman–Crippen MR) is 69.1 cm³/mol. The van der Waals surface area contributed by atoms with Crippen LogP contribution in [0.3, 0.4) is 0 Å². The van der Waals surface area contributed by atoms with Crippen molar-refractivity contribution in [2.45, 2.75) is 38.6 Å². The smallest absolute Gasteiger partial charge is 0.322 e. The second-order valence-electron chi connectivity index (χ2n) is 4.89. The number of nitrogens with one attached hydrogen (secondary N) is 1. The molecule has 110 valence electrons. The summed E-state index contributed by atoms with van der Waals surface area (Å²) in [5.41, 5.74) is 0. The van der Waals surface area contributed by atoms with Gasteiger partial charge in [-0.25, -0.2) is 0 Å². The van der Waals surface area contributed by atoms with Crippen molar-refractivity contribution < 1.29 is 19.1 Å². The number of aliphatic carboxylic acids is 1. The Kier molecular flexibility index (Phi) is 4.67. The fourth-order valence-electron chi connectivity index (χ4n) is 2.39. The molecule has 8 heteroatoms. The zero-order chi connectivity index (χ0) is 14.5. The standard InChI is InChI=1S/C12H18N4O4/c1-8-14-15-12(20-8)13-10(17)7-16-5-3-2-4-9(16)6-11(18)19/h9H,2-7H2,1H3,(H,18,19)(H,13,15,17). The maximum absolute atomic E-state index is 11.9. The van der Waals surface area contributed by atoms with Crippen LogP contribution in [0.5, 0.6) is 0 Å². The molecule has 2 heterocycles. The summed E-state index contributed by atoms with van der Waals surface area (Å²) in [5.74, 6) is -0.734. The number of hydrogen-bond donors (Lipinski definition) is 2. The number of amides is 1. The van der Waals surface area contributed by atoms with Crippen LogP contribution < -0.4 is 5.32 Å². The quantitative estimate of drug-likeness (QED) is 0.815. The average molecular weight is 282 g/mol. The van der Waals surface area contributed by atoms with Crippen LogP contribution in [0.25, 0.3) is 0 Å². The Morgan fingerprint density at radius 3 is 2.90 bits per heavy atom. The van der Waals surface area contributed by atoms with Gasteiger partial charge in [0.2, 0.25) is 11.8 Å². The van der Waals surface area contributed by atoms with E-state index in [-0.39, 0.29) is 30.9 Å². The summed E-state index contributed by atoms with van der Waals surface area (Å²) in [6.07, 6.45) is 2.84. The molecule has 20 heavy (non-hydrogen) atoms. The monoisotopic (exact) mass is 282 g/mol. The Morgan fingerprint density at radius 1 is 1.45 bits per heavy atom. The van der Waals surface area contributed by atoms with Crippen LogP contribution in [0.4, 0.5) is 6.01 Å². The molecule has 1 unspecified atom stereocenters. The third kappa shape index (κ3) is 4.02. The van der Waals surface area contributed by atoms with Crippen LogP contribution >= 0.6 is 0 Å². The normalized spacial score (nSPS) is 19.8. The number of carboxylic acids is 1. The number of piperidine rings is 1. The summed E-state index contributed by atoms with van der Waals surface area (Å²) in [5, 5.41) is 18.7. The molecule has 0 radical (unpaired) electrons. The van der Waals surface area contributed by atoms with Gasteiger partial charge in [0.1, 0.15) is 0 Å². The van der Waals surface area contributed by atoms with E-state index in [0.29, 0.717) is 5.89 Å². The van der Waals surface area contributed by atoms with Crippen LogP contribution in [0.15, 0.2) is 4.42 Å². The molecule has 8 nitrogen and oxygen atoms in total. The molecular formula is C12H18N4O4. The fraction of sp³-hybridized carbons (Fsp3) is 0.667. The number of carbonyl (C=O) groups is 2. The molecule has 0 saturated carbocycles. The maximum atomic E-state index is 11.9. The van der Waals surface area contributed by atoms with E-state index < -0.39 is 5.97 Å². The Labute approximate surface area is 116 Å². The van der Waals surface area contributed by atoms with E-state index in [4.69, 9.17) is 9.52 Å². The number of aromatic nitrogens is 2. The predicted octanol–water partition coefficient (Wildman–Crippen LogP) is 0.646. The lowest BCUT2D eigenvalue weighted by Gasteiger charge is -2.34. The second-order valence-corrected chi connectivity index (χ2v) is 4.89. The van der Waals surface area contributed by atoms with Crippen LogP contribution in [-0.4, -0.2) is 51.2 Å². The van der Waals surface area contributed by atoms with Crippen molar-refractivity contribution in [3.05, 3.63) is 5.89 Å². The topological polar surface area (TPSA) is 109 Å². The molecule has 1 fully saturated rings. The van der Waals surface area contributed by atoms with Gasteiger partial charge in [-0.2, -0.15) is 0 Å². The van der Waals surface area contributed by atoms with E-state index in [1.54, 1.807) is 6.92 Å². The van der Waals surface area contributed by atoms with Crippen LogP contribution in [-0.2, 0) is 9.59 Å². The van der Waals surface area contributed by atoms with Gasteiger partial charge in [-0.05, 0) is 19.4 Å². The first-order chi connectivity index (χ1) is 9.54. The highest BCUT2D eigenvalue weighted by Crippen LogP contribution is 2.19. The lowest BCUT2D eigenvalue weighted by molar-refractivity contribution is -0.139. The van der Waals surface area contributed by atoms with Crippen molar-refractivity contribution in [1.82, 2.24) is 15.1 Å². The Balaban J connectivity index is 1.89. The Bertz CT molecular complexity index is 488. The molecule has 1 saturated heterocycles. The number of carboxylic acid groups (broad SMARTS) is 1. The third-order valence-electron chi connectivity index (χ3n) is 3.28. The maximum Gasteiger partial charge on any atom is 0.322 e. The van der Waals surface area contributed by atoms with Crippen LogP contribution in [0, 0.1) is 6.92 Å². The first-order valence-electron chi connectivity index (χ1n) is 6.60. The van der Waals surface area contributed by atoms with Gasteiger partial charge in [0.15, 0.2) is 0 Å². The summed E-state index contributed by atoms with van der Waals surface area (Å²) in [6, 6.07) is -0.0179. The lowest BCUT2D eigenvalue weighted by atomic mass is 9.99. The second kappa shape index (κ2) is 6.47. The SMILES string of the molecule is Cc1nnc(NC(=O)CN2CCCCC2CC(=O)O)o1. The summed E-state index contributed by atoms with van der Waals surface area (Å²) >= 11 is 0. The van der Waals surface area contributed by atoms with E-state index in [0.717, 1.165) is 25.8 Å². The van der Waals surface area contributed by atoms with Gasteiger partial charge in [-0.1, -0.05) is 11.5 Å². The van der Waals surface area contributed by atoms with Gasteiger partial charge in [0, 0.05) is 13.0 Å². The highest BCUT2D eigenvalue weighted by atomic mass is 16.4. The molecule has 0 aromatic carbocycles. The zero-order valence-electron chi connectivity index (χ0n) is 11.3. The van der Waals surface area contributed by atoms with E-state index in [1.807, 2.05) is 4.90 Å². The summed E-state index contributed by atoms with van der Waals surface area (Å²) < 4.78 is 5.07. The molecule has 1 amide bonds. The van der Waals surface area contributed by atoms with Crippen molar-refractivity contribution in [1.29, 1.82) is 0 Å². The van der Waals surface area contributed by atoms with Crippen molar-refractivity contribution >= 4 is 17.9 Å². The van der Waals surface area contributed by atoms with E-state index in [9.17, 15) is 9.59 Å². The molecular weight excluding hydrogens is 264 g/mol. The molecule has 0 bridgehead atoms. The van der Waals surface area contributed by atoms with Gasteiger partial charge >= 0.3 is 12.0 Å². The van der Waals surface area contributed by atoms with Crippen molar-refractivity contribution in [2.24, 2.45) is 0 Å².